The molecule has 8 heteroatoms. The number of benzene rings is 1. The number of unbranched alkanes of at least 4 members (excludes halogenated alkanes) is 2. The molecule has 0 unspecified atom stereocenters. The number of amides is 1. The lowest BCUT2D eigenvalue weighted by atomic mass is 10.2. The molecule has 0 spiro atoms. The number of anilines is 1. The molecule has 28 heavy (non-hydrogen) atoms. The lowest BCUT2D eigenvalue weighted by Gasteiger charge is -2.08. The Balaban J connectivity index is 1.65. The predicted octanol–water partition coefficient (Wildman–Crippen LogP) is 5.42. The van der Waals surface area contributed by atoms with Gasteiger partial charge >= 0.3 is 0 Å². The lowest BCUT2D eigenvalue weighted by molar-refractivity contribution is 0.102. The first-order valence-corrected chi connectivity index (χ1v) is 11.2. The van der Waals surface area contributed by atoms with Crippen LogP contribution in [-0.2, 0) is 12.2 Å². The Labute approximate surface area is 173 Å². The number of aromatic nitrogens is 3. The van der Waals surface area contributed by atoms with Gasteiger partial charge in [-0.3, -0.25) is 10.1 Å². The van der Waals surface area contributed by atoms with Gasteiger partial charge in [0, 0.05) is 22.6 Å². The molecule has 0 saturated heterocycles. The summed E-state index contributed by atoms with van der Waals surface area (Å²) in [7, 11) is 0. The molecule has 1 amide bonds. The topological polar surface area (TPSA) is 80.9 Å². The second-order valence-corrected chi connectivity index (χ2v) is 8.58. The highest BCUT2D eigenvalue weighted by atomic mass is 32.2. The van der Waals surface area contributed by atoms with Gasteiger partial charge in [0.25, 0.3) is 5.91 Å². The fourth-order valence-electron chi connectivity index (χ4n) is 2.73. The number of hydrogen-bond acceptors (Lipinski definition) is 7. The van der Waals surface area contributed by atoms with E-state index in [1.807, 2.05) is 38.1 Å². The summed E-state index contributed by atoms with van der Waals surface area (Å²) >= 11 is 3.04. The number of rotatable bonds is 9. The summed E-state index contributed by atoms with van der Waals surface area (Å²) in [5.41, 5.74) is 2.58. The van der Waals surface area contributed by atoms with Crippen LogP contribution < -0.4 is 5.32 Å². The van der Waals surface area contributed by atoms with E-state index in [4.69, 9.17) is 4.52 Å². The third-order valence-electron chi connectivity index (χ3n) is 4.37. The predicted molar refractivity (Wildman–Crippen MR) is 113 cm³/mol. The summed E-state index contributed by atoms with van der Waals surface area (Å²) in [4.78, 5) is 13.7. The number of hydrogen-bond donors (Lipinski definition) is 1. The minimum absolute atomic E-state index is 0.168. The fourth-order valence-corrected chi connectivity index (χ4v) is 4.71. The van der Waals surface area contributed by atoms with Gasteiger partial charge in [0.2, 0.25) is 5.13 Å². The van der Waals surface area contributed by atoms with Gasteiger partial charge < -0.3 is 4.52 Å². The molecule has 148 valence electrons. The third kappa shape index (κ3) is 5.20. The van der Waals surface area contributed by atoms with E-state index in [0.717, 1.165) is 39.8 Å². The average molecular weight is 417 g/mol. The minimum atomic E-state index is -0.168. The van der Waals surface area contributed by atoms with Crippen molar-refractivity contribution in [1.82, 2.24) is 15.4 Å². The molecule has 0 saturated carbocycles. The first-order chi connectivity index (χ1) is 13.6. The van der Waals surface area contributed by atoms with Gasteiger partial charge in [-0.25, -0.2) is 0 Å². The number of nitrogens with zero attached hydrogens (tertiary/aromatic N) is 3. The van der Waals surface area contributed by atoms with E-state index >= 15 is 0 Å². The Morgan fingerprint density at radius 1 is 1.21 bits per heavy atom. The molecule has 2 heterocycles. The van der Waals surface area contributed by atoms with Gasteiger partial charge in [-0.15, -0.1) is 22.0 Å². The molecule has 0 aliphatic carbocycles. The SMILES string of the molecule is CCCCCc1nnc(NC(=O)c2ccccc2SCc2c(C)noc2C)s1. The van der Waals surface area contributed by atoms with Crippen molar-refractivity contribution in [2.45, 2.75) is 57.1 Å². The Morgan fingerprint density at radius 2 is 2.04 bits per heavy atom. The quantitative estimate of drug-likeness (QED) is 0.370. The number of carbonyl (C=O) groups is 1. The molecular formula is C20H24N4O2S2. The van der Waals surface area contributed by atoms with Crippen LogP contribution in [0, 0.1) is 13.8 Å². The molecule has 3 rings (SSSR count). The van der Waals surface area contributed by atoms with E-state index in [-0.39, 0.29) is 5.91 Å². The van der Waals surface area contributed by atoms with Crippen LogP contribution in [0.5, 0.6) is 0 Å². The van der Waals surface area contributed by atoms with Gasteiger partial charge in [0.15, 0.2) is 0 Å². The average Bonchev–Trinajstić information content (AvgIpc) is 3.27. The zero-order valence-corrected chi connectivity index (χ0v) is 18.0. The van der Waals surface area contributed by atoms with Crippen molar-refractivity contribution in [1.29, 1.82) is 0 Å². The molecule has 0 bridgehead atoms. The molecule has 0 atom stereocenters. The molecule has 0 aliphatic heterocycles. The van der Waals surface area contributed by atoms with Crippen LogP contribution in [0.4, 0.5) is 5.13 Å². The third-order valence-corrected chi connectivity index (χ3v) is 6.36. The molecule has 0 aliphatic rings. The number of aryl methyl sites for hydroxylation is 3. The van der Waals surface area contributed by atoms with Gasteiger partial charge in [0.05, 0.1) is 11.3 Å². The van der Waals surface area contributed by atoms with Crippen LogP contribution in [-0.4, -0.2) is 21.3 Å². The first-order valence-electron chi connectivity index (χ1n) is 9.35. The molecule has 1 N–H and O–H groups in total. The zero-order valence-electron chi connectivity index (χ0n) is 16.3. The van der Waals surface area contributed by atoms with Crippen LogP contribution in [0.1, 0.15) is 58.6 Å². The highest BCUT2D eigenvalue weighted by Gasteiger charge is 2.16. The first kappa shape index (κ1) is 20.5. The Morgan fingerprint density at radius 3 is 2.79 bits per heavy atom. The smallest absolute Gasteiger partial charge is 0.258 e. The Bertz CT molecular complexity index is 916. The van der Waals surface area contributed by atoms with Crippen molar-refractivity contribution in [3.8, 4) is 0 Å². The van der Waals surface area contributed by atoms with Crippen LogP contribution in [0.15, 0.2) is 33.7 Å². The van der Waals surface area contributed by atoms with Gasteiger partial charge in [-0.1, -0.05) is 48.4 Å². The van der Waals surface area contributed by atoms with Crippen molar-refractivity contribution in [3.63, 3.8) is 0 Å². The summed E-state index contributed by atoms with van der Waals surface area (Å²) in [6, 6.07) is 7.58. The van der Waals surface area contributed by atoms with E-state index in [2.05, 4.69) is 27.6 Å². The summed E-state index contributed by atoms with van der Waals surface area (Å²) in [6.07, 6.45) is 4.35. The van der Waals surface area contributed by atoms with Crippen LogP contribution in [0.25, 0.3) is 0 Å². The van der Waals surface area contributed by atoms with Crippen LogP contribution in [0.2, 0.25) is 0 Å². The van der Waals surface area contributed by atoms with E-state index in [9.17, 15) is 4.79 Å². The number of thioether (sulfide) groups is 1. The van der Waals surface area contributed by atoms with E-state index in [0.29, 0.717) is 16.4 Å². The lowest BCUT2D eigenvalue weighted by Crippen LogP contribution is -2.12. The Kier molecular flexibility index (Phi) is 7.22. The molecule has 1 aromatic carbocycles. The largest absolute Gasteiger partial charge is 0.361 e. The maximum absolute atomic E-state index is 12.8. The zero-order chi connectivity index (χ0) is 19.9. The second-order valence-electron chi connectivity index (χ2n) is 6.50. The second kappa shape index (κ2) is 9.84. The summed E-state index contributed by atoms with van der Waals surface area (Å²) in [6.45, 7) is 6.01. The molecule has 0 fully saturated rings. The molecule has 0 radical (unpaired) electrons. The number of nitrogens with one attached hydrogen (secondary N) is 1. The highest BCUT2D eigenvalue weighted by Crippen LogP contribution is 2.29. The van der Waals surface area contributed by atoms with Gasteiger partial charge in [-0.05, 0) is 32.4 Å². The summed E-state index contributed by atoms with van der Waals surface area (Å²) in [5.74, 6) is 1.35. The highest BCUT2D eigenvalue weighted by molar-refractivity contribution is 7.98. The van der Waals surface area contributed by atoms with E-state index in [1.165, 1.54) is 24.2 Å². The van der Waals surface area contributed by atoms with Crippen molar-refractivity contribution in [2.24, 2.45) is 0 Å². The maximum atomic E-state index is 12.8. The normalized spacial score (nSPS) is 11.0. The van der Waals surface area contributed by atoms with Crippen molar-refractivity contribution < 1.29 is 9.32 Å². The van der Waals surface area contributed by atoms with Crippen molar-refractivity contribution in [3.05, 3.63) is 51.9 Å². The molecular weight excluding hydrogens is 392 g/mol. The molecule has 3 aromatic rings. The van der Waals surface area contributed by atoms with E-state index < -0.39 is 0 Å². The van der Waals surface area contributed by atoms with Crippen LogP contribution >= 0.6 is 23.1 Å². The number of carbonyl (C=O) groups excluding carboxylic acids is 1. The standard InChI is InChI=1S/C20H24N4O2S2/c1-4-5-6-11-18-22-23-20(28-18)21-19(25)15-9-7-8-10-17(15)27-12-16-13(2)24-26-14(16)3/h7-10H,4-6,11-12H2,1-3H3,(H,21,23,25). The monoisotopic (exact) mass is 416 g/mol. The molecule has 2 aromatic heterocycles. The van der Waals surface area contributed by atoms with E-state index in [1.54, 1.807) is 11.8 Å². The summed E-state index contributed by atoms with van der Waals surface area (Å²) < 4.78 is 5.22. The Hall–Kier alpha value is -2.19. The molecule has 6 nitrogen and oxygen atoms in total. The van der Waals surface area contributed by atoms with Gasteiger partial charge in [-0.2, -0.15) is 0 Å². The fraction of sp³-hybridized carbons (Fsp3) is 0.400. The summed E-state index contributed by atoms with van der Waals surface area (Å²) in [5, 5.41) is 16.7. The maximum Gasteiger partial charge on any atom is 0.258 e. The van der Waals surface area contributed by atoms with Crippen molar-refractivity contribution >= 4 is 34.1 Å². The van der Waals surface area contributed by atoms with Gasteiger partial charge in [0.1, 0.15) is 10.8 Å². The minimum Gasteiger partial charge on any atom is -0.361 e. The van der Waals surface area contributed by atoms with Crippen molar-refractivity contribution in [2.75, 3.05) is 5.32 Å². The van der Waals surface area contributed by atoms with Crippen LogP contribution in [0.3, 0.4) is 0 Å².